The molecule has 4 aromatic rings. The van der Waals surface area contributed by atoms with Gasteiger partial charge in [0.25, 0.3) is 5.91 Å². The molecule has 1 aliphatic heterocycles. The molecule has 3 aromatic heterocycles. The van der Waals surface area contributed by atoms with Gasteiger partial charge in [-0.05, 0) is 55.6 Å². The summed E-state index contributed by atoms with van der Waals surface area (Å²) in [7, 11) is 0. The number of hydrogen-bond donors (Lipinski definition) is 3. The molecule has 6 rings (SSSR count). The zero-order chi connectivity index (χ0) is 22.5. The van der Waals surface area contributed by atoms with Crippen molar-refractivity contribution in [2.45, 2.75) is 24.9 Å². The van der Waals surface area contributed by atoms with Gasteiger partial charge in [-0.3, -0.25) is 4.79 Å². The number of nitrogens with two attached hydrogens (primary N) is 1. The zero-order valence-corrected chi connectivity index (χ0v) is 17.6. The first-order valence-corrected chi connectivity index (χ1v) is 10.8. The maximum Gasteiger partial charge on any atom is 0.256 e. The third kappa shape index (κ3) is 3.30. The molecule has 1 saturated heterocycles. The maximum atomic E-state index is 15.3. The lowest BCUT2D eigenvalue weighted by atomic mass is 10.1. The fraction of sp³-hybridized carbons (Fsp3) is 0.261. The van der Waals surface area contributed by atoms with E-state index in [0.717, 1.165) is 19.4 Å². The summed E-state index contributed by atoms with van der Waals surface area (Å²) in [5, 5.41) is 11.5. The quantitative estimate of drug-likeness (QED) is 0.442. The molecule has 1 amide bonds. The SMILES string of the molecule is Nc1ncnc2c1c(-c1ccc(C(=O)Nc3ccccn3)cc1F)nn2[C@@H]1C[C@@H]2CN[C@@H]1C2. The summed E-state index contributed by atoms with van der Waals surface area (Å²) < 4.78 is 17.2. The molecular weight excluding hydrogens is 423 g/mol. The van der Waals surface area contributed by atoms with Crippen molar-refractivity contribution in [2.24, 2.45) is 5.92 Å². The van der Waals surface area contributed by atoms with Gasteiger partial charge in [0.15, 0.2) is 5.65 Å². The van der Waals surface area contributed by atoms with Gasteiger partial charge in [0.05, 0.1) is 11.4 Å². The number of nitrogens with zero attached hydrogens (tertiary/aromatic N) is 5. The van der Waals surface area contributed by atoms with Crippen molar-refractivity contribution >= 4 is 28.6 Å². The number of nitrogens with one attached hydrogen (secondary N) is 2. The van der Waals surface area contributed by atoms with Crippen molar-refractivity contribution < 1.29 is 9.18 Å². The number of hydrogen-bond acceptors (Lipinski definition) is 7. The summed E-state index contributed by atoms with van der Waals surface area (Å²) >= 11 is 0. The minimum atomic E-state index is -0.579. The molecular formula is C23H21FN8O. The first kappa shape index (κ1) is 19.7. The smallest absolute Gasteiger partial charge is 0.256 e. The minimum Gasteiger partial charge on any atom is -0.383 e. The molecule has 1 aromatic carbocycles. The van der Waals surface area contributed by atoms with Crippen LogP contribution in [0.15, 0.2) is 48.9 Å². The number of rotatable bonds is 4. The van der Waals surface area contributed by atoms with Gasteiger partial charge in [0.2, 0.25) is 0 Å². The summed E-state index contributed by atoms with van der Waals surface area (Å²) in [5.41, 5.74) is 7.56. The number of benzene rings is 1. The Morgan fingerprint density at radius 3 is 2.82 bits per heavy atom. The van der Waals surface area contributed by atoms with Crippen molar-refractivity contribution in [3.05, 3.63) is 60.3 Å². The molecule has 1 aliphatic carbocycles. The summed E-state index contributed by atoms with van der Waals surface area (Å²) in [6.07, 6.45) is 5.06. The summed E-state index contributed by atoms with van der Waals surface area (Å²) in [6, 6.07) is 9.89. The van der Waals surface area contributed by atoms with Crippen LogP contribution in [-0.2, 0) is 0 Å². The Kier molecular flexibility index (Phi) is 4.54. The number of pyridine rings is 1. The topological polar surface area (TPSA) is 124 Å². The standard InChI is InChI=1S/C23H21FN8O/c24-15-9-13(23(33)30-18-3-1-2-6-26-18)4-5-14(15)20-19-21(25)28-11-29-22(19)32(31-20)17-8-12-7-16(17)27-10-12/h1-6,9,11-12,16-17,27H,7-8,10H2,(H2,25,28,29)(H,26,30,33)/t12-,16-,17-/m1/s1. The largest absolute Gasteiger partial charge is 0.383 e. The Balaban J connectivity index is 1.39. The zero-order valence-electron chi connectivity index (χ0n) is 17.6. The van der Waals surface area contributed by atoms with E-state index in [1.54, 1.807) is 36.5 Å². The molecule has 0 radical (unpaired) electrons. The van der Waals surface area contributed by atoms with Gasteiger partial charge in [-0.15, -0.1) is 0 Å². The highest BCUT2D eigenvalue weighted by atomic mass is 19.1. The van der Waals surface area contributed by atoms with Gasteiger partial charge < -0.3 is 16.4 Å². The Morgan fingerprint density at radius 1 is 1.18 bits per heavy atom. The Morgan fingerprint density at radius 2 is 2.09 bits per heavy atom. The molecule has 2 fully saturated rings. The van der Waals surface area contributed by atoms with Crippen LogP contribution in [0.2, 0.25) is 0 Å². The van der Waals surface area contributed by atoms with E-state index in [-0.39, 0.29) is 23.0 Å². The highest BCUT2D eigenvalue weighted by Crippen LogP contribution is 2.42. The molecule has 33 heavy (non-hydrogen) atoms. The molecule has 166 valence electrons. The maximum absolute atomic E-state index is 15.3. The van der Waals surface area contributed by atoms with Crippen molar-refractivity contribution in [1.29, 1.82) is 0 Å². The van der Waals surface area contributed by atoms with Crippen LogP contribution >= 0.6 is 0 Å². The average molecular weight is 444 g/mol. The second kappa shape index (κ2) is 7.59. The molecule has 3 atom stereocenters. The molecule has 4 N–H and O–H groups in total. The third-order valence-corrected chi connectivity index (χ3v) is 6.52. The van der Waals surface area contributed by atoms with Crippen LogP contribution in [0.5, 0.6) is 0 Å². The minimum absolute atomic E-state index is 0.126. The van der Waals surface area contributed by atoms with Crippen LogP contribution in [0.1, 0.15) is 29.2 Å². The highest BCUT2D eigenvalue weighted by molar-refractivity contribution is 6.04. The number of fused-ring (bicyclic) bond motifs is 3. The lowest BCUT2D eigenvalue weighted by molar-refractivity contribution is 0.102. The molecule has 2 bridgehead atoms. The van der Waals surface area contributed by atoms with Crippen molar-refractivity contribution in [1.82, 2.24) is 30.0 Å². The monoisotopic (exact) mass is 444 g/mol. The molecule has 4 heterocycles. The van der Waals surface area contributed by atoms with Gasteiger partial charge in [-0.2, -0.15) is 5.10 Å². The van der Waals surface area contributed by atoms with E-state index in [2.05, 4.69) is 25.6 Å². The molecule has 10 heteroatoms. The number of nitrogen functional groups attached to an aromatic ring is 1. The van der Waals surface area contributed by atoms with Crippen LogP contribution in [0, 0.1) is 11.7 Å². The van der Waals surface area contributed by atoms with Crippen molar-refractivity contribution in [2.75, 3.05) is 17.6 Å². The van der Waals surface area contributed by atoms with Gasteiger partial charge >= 0.3 is 0 Å². The van der Waals surface area contributed by atoms with E-state index in [4.69, 9.17) is 10.8 Å². The van der Waals surface area contributed by atoms with Gasteiger partial charge in [-0.25, -0.2) is 24.0 Å². The van der Waals surface area contributed by atoms with Crippen LogP contribution in [0.4, 0.5) is 16.0 Å². The van der Waals surface area contributed by atoms with Crippen LogP contribution < -0.4 is 16.4 Å². The van der Waals surface area contributed by atoms with Gasteiger partial charge in [0.1, 0.15) is 29.5 Å². The Bertz CT molecular complexity index is 1370. The third-order valence-electron chi connectivity index (χ3n) is 6.52. The fourth-order valence-corrected chi connectivity index (χ4v) is 4.98. The number of aromatic nitrogens is 5. The number of carbonyl (C=O) groups excluding carboxylic acids is 1. The lowest BCUT2D eigenvalue weighted by Gasteiger charge is -2.23. The second-order valence-corrected chi connectivity index (χ2v) is 8.53. The normalized spacial score (nSPS) is 21.5. The average Bonchev–Trinajstić information content (AvgIpc) is 3.54. The van der Waals surface area contributed by atoms with Crippen LogP contribution in [0.25, 0.3) is 22.3 Å². The first-order valence-electron chi connectivity index (χ1n) is 10.8. The highest BCUT2D eigenvalue weighted by Gasteiger charge is 2.42. The molecule has 2 aliphatic rings. The fourth-order valence-electron chi connectivity index (χ4n) is 4.98. The summed E-state index contributed by atoms with van der Waals surface area (Å²) in [5.74, 6) is 0.209. The number of amides is 1. The van der Waals surface area contributed by atoms with E-state index in [0.29, 0.717) is 34.5 Å². The van der Waals surface area contributed by atoms with E-state index in [1.165, 1.54) is 12.4 Å². The van der Waals surface area contributed by atoms with Gasteiger partial charge in [0, 0.05) is 23.4 Å². The molecule has 9 nitrogen and oxygen atoms in total. The van der Waals surface area contributed by atoms with Gasteiger partial charge in [-0.1, -0.05) is 6.07 Å². The Hall–Kier alpha value is -3.92. The summed E-state index contributed by atoms with van der Waals surface area (Å²) in [6.45, 7) is 1.01. The number of halogens is 1. The first-order chi connectivity index (χ1) is 16.1. The summed E-state index contributed by atoms with van der Waals surface area (Å²) in [4.78, 5) is 25.1. The number of piperidine rings is 1. The predicted octanol–water partition coefficient (Wildman–Crippen LogP) is 2.78. The lowest BCUT2D eigenvalue weighted by Crippen LogP contribution is -2.35. The number of carbonyl (C=O) groups is 1. The van der Waals surface area contributed by atoms with E-state index >= 15 is 4.39 Å². The van der Waals surface area contributed by atoms with Crippen LogP contribution in [-0.4, -0.2) is 43.2 Å². The number of anilines is 2. The van der Waals surface area contributed by atoms with Crippen LogP contribution in [0.3, 0.4) is 0 Å². The molecule has 1 saturated carbocycles. The molecule has 0 unspecified atom stereocenters. The van der Waals surface area contributed by atoms with E-state index in [9.17, 15) is 4.79 Å². The Labute approximate surface area is 188 Å². The molecule has 0 spiro atoms. The van der Waals surface area contributed by atoms with Crippen molar-refractivity contribution in [3.8, 4) is 11.3 Å². The predicted molar refractivity (Wildman–Crippen MR) is 121 cm³/mol. The van der Waals surface area contributed by atoms with E-state index < -0.39 is 11.7 Å². The second-order valence-electron chi connectivity index (χ2n) is 8.53. The van der Waals surface area contributed by atoms with E-state index in [1.807, 2.05) is 4.68 Å². The van der Waals surface area contributed by atoms with Crippen molar-refractivity contribution in [3.63, 3.8) is 0 Å².